The topological polar surface area (TPSA) is 30.0 Å². The summed E-state index contributed by atoms with van der Waals surface area (Å²) in [6.45, 7) is 1.87. The van der Waals surface area contributed by atoms with Gasteiger partial charge in [-0.2, -0.15) is 0 Å². The molecule has 1 unspecified atom stereocenters. The van der Waals surface area contributed by atoms with Gasteiger partial charge in [0.25, 0.3) is 0 Å². The number of Topliss-reactive ketones (excluding diaryl/α,β-unsaturated/α-hetero) is 1. The van der Waals surface area contributed by atoms with Crippen LogP contribution in [0.15, 0.2) is 42.6 Å². The number of carbonyl (C=O) groups is 1. The summed E-state index contributed by atoms with van der Waals surface area (Å²) in [5, 5.41) is 0. The molecule has 1 heterocycles. The number of hydrogen-bond donors (Lipinski definition) is 0. The highest BCUT2D eigenvalue weighted by molar-refractivity contribution is 9.09. The van der Waals surface area contributed by atoms with Crippen LogP contribution in [0.4, 0.5) is 4.39 Å². The third-order valence-corrected chi connectivity index (χ3v) is 3.52. The number of benzene rings is 1. The molecule has 0 bridgehead atoms. The SMILES string of the molecule is Br.Cc1cc(C(Br)C(=O)c2ccc(F)cc2)ccn1. The van der Waals surface area contributed by atoms with Gasteiger partial charge in [-0.1, -0.05) is 15.9 Å². The van der Waals surface area contributed by atoms with E-state index in [0.717, 1.165) is 11.3 Å². The smallest absolute Gasteiger partial charge is 0.180 e. The highest BCUT2D eigenvalue weighted by Gasteiger charge is 2.19. The lowest BCUT2D eigenvalue weighted by Crippen LogP contribution is -2.07. The molecule has 0 radical (unpaired) electrons. The van der Waals surface area contributed by atoms with Crippen LogP contribution in [0.25, 0.3) is 0 Å². The summed E-state index contributed by atoms with van der Waals surface area (Å²) in [4.78, 5) is 15.8. The first-order chi connectivity index (χ1) is 8.58. The molecule has 0 aliphatic carbocycles. The maximum Gasteiger partial charge on any atom is 0.180 e. The fraction of sp³-hybridized carbons (Fsp3) is 0.143. The molecule has 1 atom stereocenters. The van der Waals surface area contributed by atoms with Crippen molar-refractivity contribution in [3.05, 3.63) is 65.2 Å². The minimum absolute atomic E-state index is 0. The van der Waals surface area contributed by atoms with Crippen molar-refractivity contribution in [3.8, 4) is 0 Å². The summed E-state index contributed by atoms with van der Waals surface area (Å²) >= 11 is 3.37. The molecule has 0 fully saturated rings. The Labute approximate surface area is 130 Å². The molecular weight excluding hydrogens is 377 g/mol. The molecule has 2 rings (SSSR count). The Hall–Kier alpha value is -1.07. The summed E-state index contributed by atoms with van der Waals surface area (Å²) in [7, 11) is 0. The van der Waals surface area contributed by atoms with Crippen molar-refractivity contribution in [2.75, 3.05) is 0 Å². The van der Waals surface area contributed by atoms with Crippen molar-refractivity contribution < 1.29 is 9.18 Å². The van der Waals surface area contributed by atoms with E-state index in [1.807, 2.05) is 13.0 Å². The Morgan fingerprint density at radius 1 is 1.26 bits per heavy atom. The molecule has 2 aromatic rings. The Balaban J connectivity index is 0.00000180. The van der Waals surface area contributed by atoms with E-state index in [4.69, 9.17) is 0 Å². The van der Waals surface area contributed by atoms with Crippen LogP contribution in [0, 0.1) is 12.7 Å². The monoisotopic (exact) mass is 387 g/mol. The van der Waals surface area contributed by atoms with Crippen molar-refractivity contribution in [2.45, 2.75) is 11.8 Å². The number of rotatable bonds is 3. The van der Waals surface area contributed by atoms with Gasteiger partial charge < -0.3 is 0 Å². The van der Waals surface area contributed by atoms with Gasteiger partial charge in [-0.05, 0) is 48.9 Å². The highest BCUT2D eigenvalue weighted by Crippen LogP contribution is 2.27. The Bertz CT molecular complexity index is 572. The fourth-order valence-electron chi connectivity index (χ4n) is 1.64. The van der Waals surface area contributed by atoms with Gasteiger partial charge in [0.2, 0.25) is 0 Å². The van der Waals surface area contributed by atoms with Gasteiger partial charge in [0.05, 0.1) is 0 Å². The van der Waals surface area contributed by atoms with Gasteiger partial charge in [0.15, 0.2) is 5.78 Å². The van der Waals surface area contributed by atoms with Crippen molar-refractivity contribution in [1.82, 2.24) is 4.98 Å². The second-order valence-corrected chi connectivity index (χ2v) is 4.88. The number of hydrogen-bond acceptors (Lipinski definition) is 2. The Morgan fingerprint density at radius 2 is 1.89 bits per heavy atom. The van der Waals surface area contributed by atoms with E-state index in [1.165, 1.54) is 24.3 Å². The van der Waals surface area contributed by atoms with E-state index in [2.05, 4.69) is 20.9 Å². The molecular formula is C14H12Br2FNO. The second kappa shape index (κ2) is 6.91. The van der Waals surface area contributed by atoms with E-state index in [-0.39, 0.29) is 28.6 Å². The zero-order chi connectivity index (χ0) is 13.1. The first-order valence-corrected chi connectivity index (χ1v) is 6.36. The predicted octanol–water partition coefficient (Wildman–Crippen LogP) is 4.43. The maximum absolute atomic E-state index is 12.8. The predicted molar refractivity (Wildman–Crippen MR) is 81.7 cm³/mol. The molecule has 19 heavy (non-hydrogen) atoms. The number of halogens is 3. The molecule has 1 aromatic carbocycles. The van der Waals surface area contributed by atoms with Gasteiger partial charge >= 0.3 is 0 Å². The third-order valence-electron chi connectivity index (χ3n) is 2.57. The van der Waals surface area contributed by atoms with Crippen LogP contribution in [-0.2, 0) is 0 Å². The Kier molecular flexibility index (Phi) is 5.82. The Morgan fingerprint density at radius 3 is 2.47 bits per heavy atom. The van der Waals surface area contributed by atoms with Gasteiger partial charge in [-0.25, -0.2) is 4.39 Å². The van der Waals surface area contributed by atoms with Crippen molar-refractivity contribution in [2.24, 2.45) is 0 Å². The molecule has 100 valence electrons. The minimum atomic E-state index is -0.440. The van der Waals surface area contributed by atoms with E-state index >= 15 is 0 Å². The van der Waals surface area contributed by atoms with Gasteiger partial charge in [-0.15, -0.1) is 17.0 Å². The zero-order valence-electron chi connectivity index (χ0n) is 10.1. The molecule has 0 N–H and O–H groups in total. The van der Waals surface area contributed by atoms with Crippen molar-refractivity contribution in [3.63, 3.8) is 0 Å². The normalized spacial score (nSPS) is 11.5. The number of aromatic nitrogens is 1. The lowest BCUT2D eigenvalue weighted by molar-refractivity contribution is 0.0991. The van der Waals surface area contributed by atoms with E-state index in [0.29, 0.717) is 5.56 Å². The molecule has 0 spiro atoms. The van der Waals surface area contributed by atoms with Gasteiger partial charge in [-0.3, -0.25) is 9.78 Å². The van der Waals surface area contributed by atoms with E-state index in [9.17, 15) is 9.18 Å². The number of ketones is 1. The zero-order valence-corrected chi connectivity index (χ0v) is 13.4. The number of carbonyl (C=O) groups excluding carboxylic acids is 1. The largest absolute Gasteiger partial charge is 0.293 e. The van der Waals surface area contributed by atoms with Crippen LogP contribution < -0.4 is 0 Å². The molecule has 2 nitrogen and oxygen atoms in total. The second-order valence-electron chi connectivity index (χ2n) is 3.96. The number of nitrogens with zero attached hydrogens (tertiary/aromatic N) is 1. The fourth-order valence-corrected chi connectivity index (χ4v) is 2.19. The first-order valence-electron chi connectivity index (χ1n) is 5.44. The highest BCUT2D eigenvalue weighted by atomic mass is 79.9. The molecule has 0 aliphatic rings. The number of pyridine rings is 1. The molecule has 0 saturated heterocycles. The molecule has 0 saturated carbocycles. The van der Waals surface area contributed by atoms with Crippen LogP contribution >= 0.6 is 32.9 Å². The summed E-state index contributed by atoms with van der Waals surface area (Å²) in [5.74, 6) is -0.446. The van der Waals surface area contributed by atoms with E-state index in [1.54, 1.807) is 12.3 Å². The lowest BCUT2D eigenvalue weighted by Gasteiger charge is -2.09. The molecule has 0 aliphatic heterocycles. The number of alkyl halides is 1. The average Bonchev–Trinajstić information content (AvgIpc) is 2.38. The quantitative estimate of drug-likeness (QED) is 0.575. The van der Waals surface area contributed by atoms with Crippen LogP contribution in [0.3, 0.4) is 0 Å². The van der Waals surface area contributed by atoms with E-state index < -0.39 is 4.83 Å². The summed E-state index contributed by atoms with van der Waals surface area (Å²) in [6, 6.07) is 9.17. The lowest BCUT2D eigenvalue weighted by atomic mass is 10.0. The third kappa shape index (κ3) is 3.94. The molecule has 0 amide bonds. The number of aryl methyl sites for hydroxylation is 1. The standard InChI is InChI=1S/C14H11BrFNO.BrH/c1-9-8-11(6-7-17-9)13(15)14(18)10-2-4-12(16)5-3-10;/h2-8,13H,1H3;1H. The average molecular weight is 389 g/mol. The van der Waals surface area contributed by atoms with Crippen LogP contribution in [0.2, 0.25) is 0 Å². The summed E-state index contributed by atoms with van der Waals surface area (Å²) in [6.07, 6.45) is 1.66. The van der Waals surface area contributed by atoms with Gasteiger partial charge in [0.1, 0.15) is 10.6 Å². The van der Waals surface area contributed by atoms with Crippen LogP contribution in [0.1, 0.15) is 26.4 Å². The van der Waals surface area contributed by atoms with Gasteiger partial charge in [0, 0.05) is 17.5 Å². The van der Waals surface area contributed by atoms with Crippen molar-refractivity contribution >= 4 is 38.7 Å². The van der Waals surface area contributed by atoms with Crippen LogP contribution in [0.5, 0.6) is 0 Å². The van der Waals surface area contributed by atoms with Crippen molar-refractivity contribution in [1.29, 1.82) is 0 Å². The van der Waals surface area contributed by atoms with Crippen LogP contribution in [-0.4, -0.2) is 10.8 Å². The minimum Gasteiger partial charge on any atom is -0.293 e. The maximum atomic E-state index is 12.8. The molecule has 5 heteroatoms. The molecule has 1 aromatic heterocycles. The first kappa shape index (κ1) is 16.0. The summed E-state index contributed by atoms with van der Waals surface area (Å²) < 4.78 is 12.8. The summed E-state index contributed by atoms with van der Waals surface area (Å²) in [5.41, 5.74) is 2.17.